The second kappa shape index (κ2) is 9.12. The van der Waals surface area contributed by atoms with Crippen molar-refractivity contribution in [2.45, 2.75) is 64.3 Å². The molecule has 0 radical (unpaired) electrons. The summed E-state index contributed by atoms with van der Waals surface area (Å²) in [5, 5.41) is 10.9. The number of hydrogen-bond donors (Lipinski definition) is 1. The Morgan fingerprint density at radius 3 is 2.57 bits per heavy atom. The van der Waals surface area contributed by atoms with Gasteiger partial charge >= 0.3 is 0 Å². The normalized spacial score (nSPS) is 33.5. The van der Waals surface area contributed by atoms with Crippen molar-refractivity contribution in [1.82, 2.24) is 0 Å². The number of hydrogen-bond acceptors (Lipinski definition) is 5. The molecule has 2 saturated carbocycles. The highest BCUT2D eigenvalue weighted by Crippen LogP contribution is 2.61. The molecular weight excluding hydrogens is 356 g/mol. The highest BCUT2D eigenvalue weighted by atomic mass is 16.7. The van der Waals surface area contributed by atoms with Gasteiger partial charge in [-0.25, -0.2) is 0 Å². The van der Waals surface area contributed by atoms with Crippen LogP contribution in [0, 0.1) is 17.3 Å². The molecular formula is C23H36O5. The first-order valence-electron chi connectivity index (χ1n) is 10.5. The Labute approximate surface area is 169 Å². The van der Waals surface area contributed by atoms with Crippen molar-refractivity contribution in [3.05, 3.63) is 29.8 Å². The van der Waals surface area contributed by atoms with E-state index in [4.69, 9.17) is 18.9 Å². The number of ether oxygens (including phenoxy) is 4. The summed E-state index contributed by atoms with van der Waals surface area (Å²) in [7, 11) is 3.32. The minimum atomic E-state index is -0.490. The van der Waals surface area contributed by atoms with Gasteiger partial charge in [-0.15, -0.1) is 0 Å². The molecule has 2 aliphatic carbocycles. The lowest BCUT2D eigenvalue weighted by molar-refractivity contribution is -0.241. The van der Waals surface area contributed by atoms with E-state index in [-0.39, 0.29) is 12.2 Å². The highest BCUT2D eigenvalue weighted by molar-refractivity contribution is 5.26. The summed E-state index contributed by atoms with van der Waals surface area (Å²) in [5.41, 5.74) is 0.610. The minimum absolute atomic E-state index is 0.0495. The Hall–Kier alpha value is -1.14. The number of methoxy groups -OCH3 is 2. The molecule has 0 saturated heterocycles. The summed E-state index contributed by atoms with van der Waals surface area (Å²) in [4.78, 5) is 0. The average molecular weight is 393 g/mol. The first-order valence-corrected chi connectivity index (χ1v) is 10.5. The lowest BCUT2D eigenvalue weighted by Crippen LogP contribution is -2.58. The van der Waals surface area contributed by atoms with Crippen molar-refractivity contribution >= 4 is 0 Å². The van der Waals surface area contributed by atoms with E-state index in [0.29, 0.717) is 25.0 Å². The third-order valence-corrected chi connectivity index (χ3v) is 7.25. The summed E-state index contributed by atoms with van der Waals surface area (Å²) in [6, 6.07) is 8.01. The van der Waals surface area contributed by atoms with Crippen LogP contribution in [-0.4, -0.2) is 44.4 Å². The predicted octanol–water partition coefficient (Wildman–Crippen LogP) is 4.17. The quantitative estimate of drug-likeness (QED) is 0.639. The SMILES string of the molecule is COCO[C@]12CC[C@H]([C@H](C)COCc3ccc(OC)cc3)[C@@]1(C)CCC[C@H]2O. The Balaban J connectivity index is 1.62. The van der Waals surface area contributed by atoms with Crippen LogP contribution in [0.25, 0.3) is 0 Å². The molecule has 158 valence electrons. The van der Waals surface area contributed by atoms with Crippen LogP contribution >= 0.6 is 0 Å². The van der Waals surface area contributed by atoms with Gasteiger partial charge in [0.15, 0.2) is 0 Å². The van der Waals surface area contributed by atoms with Crippen LogP contribution < -0.4 is 4.74 Å². The van der Waals surface area contributed by atoms with Gasteiger partial charge in [-0.2, -0.15) is 0 Å². The Kier molecular flexibility index (Phi) is 7.02. The van der Waals surface area contributed by atoms with Gasteiger partial charge in [0.25, 0.3) is 0 Å². The number of benzene rings is 1. The summed E-state index contributed by atoms with van der Waals surface area (Å²) < 4.78 is 22.7. The predicted molar refractivity (Wildman–Crippen MR) is 108 cm³/mol. The van der Waals surface area contributed by atoms with Crippen LogP contribution in [0.2, 0.25) is 0 Å². The molecule has 0 heterocycles. The van der Waals surface area contributed by atoms with Gasteiger partial charge < -0.3 is 24.1 Å². The third kappa shape index (κ3) is 3.95. The van der Waals surface area contributed by atoms with Crippen LogP contribution in [0.5, 0.6) is 5.75 Å². The molecule has 28 heavy (non-hydrogen) atoms. The molecule has 0 spiro atoms. The number of aliphatic hydroxyl groups is 1. The Morgan fingerprint density at radius 2 is 1.89 bits per heavy atom. The molecule has 1 aromatic carbocycles. The maximum Gasteiger partial charge on any atom is 0.147 e. The maximum absolute atomic E-state index is 10.9. The Morgan fingerprint density at radius 1 is 1.14 bits per heavy atom. The zero-order valence-corrected chi connectivity index (χ0v) is 17.8. The number of rotatable bonds is 9. The number of fused-ring (bicyclic) bond motifs is 1. The standard InChI is InChI=1S/C23H36O5/c1-17(14-27-15-18-7-9-19(26-4)10-8-18)20-11-13-23(28-16-25-3)21(24)6-5-12-22(20,23)2/h7-10,17,20-21,24H,5-6,11-16H2,1-4H3/t17-,20-,21-,22-,23+/m1/s1. The highest BCUT2D eigenvalue weighted by Gasteiger charge is 2.63. The maximum atomic E-state index is 10.9. The molecule has 0 unspecified atom stereocenters. The van der Waals surface area contributed by atoms with Gasteiger partial charge in [-0.1, -0.05) is 32.4 Å². The van der Waals surface area contributed by atoms with E-state index in [9.17, 15) is 5.11 Å². The molecule has 2 fully saturated rings. The van der Waals surface area contributed by atoms with Crippen molar-refractivity contribution in [1.29, 1.82) is 0 Å². The first kappa shape index (κ1) is 21.6. The van der Waals surface area contributed by atoms with Crippen molar-refractivity contribution in [3.63, 3.8) is 0 Å². The number of aliphatic hydroxyl groups excluding tert-OH is 1. The fourth-order valence-electron chi connectivity index (χ4n) is 5.74. The van der Waals surface area contributed by atoms with Crippen molar-refractivity contribution < 1.29 is 24.1 Å². The smallest absolute Gasteiger partial charge is 0.147 e. The van der Waals surface area contributed by atoms with Gasteiger partial charge in [0, 0.05) is 19.1 Å². The largest absolute Gasteiger partial charge is 0.497 e. The lowest BCUT2D eigenvalue weighted by atomic mass is 9.59. The second-order valence-electron chi connectivity index (χ2n) is 8.75. The Bertz CT molecular complexity index is 618. The van der Waals surface area contributed by atoms with Crippen LogP contribution in [0.4, 0.5) is 0 Å². The van der Waals surface area contributed by atoms with E-state index in [1.807, 2.05) is 24.3 Å². The average Bonchev–Trinajstić information content (AvgIpc) is 3.01. The van der Waals surface area contributed by atoms with Crippen LogP contribution in [0.1, 0.15) is 51.5 Å². The van der Waals surface area contributed by atoms with Gasteiger partial charge in [-0.05, 0) is 55.2 Å². The molecule has 0 aromatic heterocycles. The van der Waals surface area contributed by atoms with Gasteiger partial charge in [-0.3, -0.25) is 0 Å². The van der Waals surface area contributed by atoms with Crippen LogP contribution in [0.15, 0.2) is 24.3 Å². The fraction of sp³-hybridized carbons (Fsp3) is 0.739. The van der Waals surface area contributed by atoms with E-state index in [0.717, 1.165) is 43.4 Å². The molecule has 5 atom stereocenters. The van der Waals surface area contributed by atoms with E-state index in [1.54, 1.807) is 14.2 Å². The van der Waals surface area contributed by atoms with E-state index >= 15 is 0 Å². The molecule has 1 N–H and O–H groups in total. The van der Waals surface area contributed by atoms with Crippen molar-refractivity contribution in [3.8, 4) is 5.75 Å². The van der Waals surface area contributed by atoms with Crippen LogP contribution in [0.3, 0.4) is 0 Å². The molecule has 3 rings (SSSR count). The topological polar surface area (TPSA) is 57.2 Å². The lowest BCUT2D eigenvalue weighted by Gasteiger charge is -2.53. The summed E-state index contributed by atoms with van der Waals surface area (Å²) in [6.07, 6.45) is 4.48. The van der Waals surface area contributed by atoms with Crippen molar-refractivity contribution in [2.75, 3.05) is 27.6 Å². The molecule has 1 aromatic rings. The second-order valence-corrected chi connectivity index (χ2v) is 8.75. The fourth-order valence-corrected chi connectivity index (χ4v) is 5.74. The molecule has 0 aliphatic heterocycles. The summed E-state index contributed by atoms with van der Waals surface area (Å²) in [5.74, 6) is 1.73. The van der Waals surface area contributed by atoms with Crippen molar-refractivity contribution in [2.24, 2.45) is 17.3 Å². The minimum Gasteiger partial charge on any atom is -0.497 e. The van der Waals surface area contributed by atoms with E-state index in [1.165, 1.54) is 0 Å². The zero-order chi connectivity index (χ0) is 20.2. The first-order chi connectivity index (χ1) is 13.5. The molecule has 0 amide bonds. The van der Waals surface area contributed by atoms with Gasteiger partial charge in [0.2, 0.25) is 0 Å². The summed E-state index contributed by atoms with van der Waals surface area (Å²) in [6.45, 7) is 6.14. The molecule has 5 nitrogen and oxygen atoms in total. The molecule has 2 aliphatic rings. The summed E-state index contributed by atoms with van der Waals surface area (Å²) >= 11 is 0. The molecule has 5 heteroatoms. The van der Waals surface area contributed by atoms with Gasteiger partial charge in [0.1, 0.15) is 18.1 Å². The van der Waals surface area contributed by atoms with E-state index in [2.05, 4.69) is 13.8 Å². The third-order valence-electron chi connectivity index (χ3n) is 7.25. The monoisotopic (exact) mass is 392 g/mol. The van der Waals surface area contributed by atoms with E-state index < -0.39 is 11.7 Å². The molecule has 0 bridgehead atoms. The zero-order valence-electron chi connectivity index (χ0n) is 17.8. The van der Waals surface area contributed by atoms with Crippen LogP contribution in [-0.2, 0) is 20.8 Å². The van der Waals surface area contributed by atoms with Gasteiger partial charge in [0.05, 0.1) is 19.8 Å².